The quantitative estimate of drug-likeness (QED) is 0.290. The number of thiocarbonyl (C=S) groups is 1. The van der Waals surface area contributed by atoms with Gasteiger partial charge in [-0.25, -0.2) is 0 Å². The summed E-state index contributed by atoms with van der Waals surface area (Å²) < 4.78 is 0. The highest BCUT2D eigenvalue weighted by Gasteiger charge is 2.07. The van der Waals surface area contributed by atoms with Crippen LogP contribution in [0.5, 0.6) is 0 Å². The molecule has 0 amide bonds. The first-order valence-corrected chi connectivity index (χ1v) is 10.0. The molecule has 0 radical (unpaired) electrons. The Morgan fingerprint density at radius 1 is 0.852 bits per heavy atom. The second-order valence-electron chi connectivity index (χ2n) is 5.69. The van der Waals surface area contributed by atoms with Gasteiger partial charge in [0, 0.05) is 26.9 Å². The average molecular weight is 413 g/mol. The zero-order valence-corrected chi connectivity index (χ0v) is 16.7. The fraction of sp³-hybridized carbons (Fsp3) is 0.0476. The van der Waals surface area contributed by atoms with E-state index in [1.165, 1.54) is 11.8 Å². The second-order valence-corrected chi connectivity index (χ2v) is 7.58. The Bertz CT molecular complexity index is 913. The lowest BCUT2D eigenvalue weighted by molar-refractivity contribution is 0.102. The number of halogens is 1. The van der Waals surface area contributed by atoms with E-state index in [-0.39, 0.29) is 5.78 Å². The summed E-state index contributed by atoms with van der Waals surface area (Å²) >= 11 is 12.7. The van der Waals surface area contributed by atoms with Crippen molar-refractivity contribution in [2.75, 3.05) is 16.4 Å². The van der Waals surface area contributed by atoms with Gasteiger partial charge in [-0.05, 0) is 72.9 Å². The van der Waals surface area contributed by atoms with Gasteiger partial charge in [-0.15, -0.1) is 11.8 Å². The van der Waals surface area contributed by atoms with Crippen molar-refractivity contribution in [3.05, 3.63) is 89.4 Å². The third-order valence-corrected chi connectivity index (χ3v) is 5.15. The zero-order valence-electron chi connectivity index (χ0n) is 14.3. The topological polar surface area (TPSA) is 41.1 Å². The maximum atomic E-state index is 12.2. The van der Waals surface area contributed by atoms with Crippen LogP contribution < -0.4 is 10.6 Å². The summed E-state index contributed by atoms with van der Waals surface area (Å²) in [7, 11) is 0. The van der Waals surface area contributed by atoms with E-state index >= 15 is 0 Å². The first-order chi connectivity index (χ1) is 13.1. The molecule has 0 aliphatic rings. The summed E-state index contributed by atoms with van der Waals surface area (Å²) in [6.45, 7) is 0. The molecule has 0 unspecified atom stereocenters. The standard InChI is InChI=1S/C21H17ClN2OS2/c22-16-8-6-15(7-9-16)20(25)14-27-19-12-10-18(11-13-19)24-21(26)23-17-4-2-1-3-5-17/h1-13H,14H2,(H2,23,24,26). The zero-order chi connectivity index (χ0) is 19.1. The van der Waals surface area contributed by atoms with Gasteiger partial charge in [0.15, 0.2) is 10.9 Å². The number of carbonyl (C=O) groups is 1. The van der Waals surface area contributed by atoms with Crippen molar-refractivity contribution in [3.63, 3.8) is 0 Å². The van der Waals surface area contributed by atoms with Gasteiger partial charge in [0.05, 0.1) is 5.75 Å². The van der Waals surface area contributed by atoms with Crippen molar-refractivity contribution in [1.82, 2.24) is 0 Å². The molecule has 3 aromatic carbocycles. The van der Waals surface area contributed by atoms with Crippen molar-refractivity contribution in [1.29, 1.82) is 0 Å². The molecule has 136 valence electrons. The maximum Gasteiger partial charge on any atom is 0.175 e. The summed E-state index contributed by atoms with van der Waals surface area (Å²) in [5, 5.41) is 7.43. The van der Waals surface area contributed by atoms with E-state index in [2.05, 4.69) is 10.6 Å². The molecule has 0 saturated carbocycles. The molecule has 6 heteroatoms. The predicted octanol–water partition coefficient (Wildman–Crippen LogP) is 6.12. The Labute approximate surface area is 173 Å². The Balaban J connectivity index is 1.50. The Hall–Kier alpha value is -2.34. The first kappa shape index (κ1) is 19.4. The van der Waals surface area contributed by atoms with E-state index in [9.17, 15) is 4.79 Å². The predicted molar refractivity (Wildman–Crippen MR) is 119 cm³/mol. The summed E-state index contributed by atoms with van der Waals surface area (Å²) in [5.74, 6) is 0.453. The average Bonchev–Trinajstić information content (AvgIpc) is 2.68. The maximum absolute atomic E-state index is 12.2. The van der Waals surface area contributed by atoms with Crippen molar-refractivity contribution >= 4 is 57.9 Å². The van der Waals surface area contributed by atoms with Crippen LogP contribution in [0.1, 0.15) is 10.4 Å². The molecule has 0 aliphatic carbocycles. The van der Waals surface area contributed by atoms with E-state index in [1.807, 2.05) is 54.6 Å². The molecule has 2 N–H and O–H groups in total. The summed E-state index contributed by atoms with van der Waals surface area (Å²) in [4.78, 5) is 13.2. The number of anilines is 2. The summed E-state index contributed by atoms with van der Waals surface area (Å²) in [6, 6.07) is 24.5. The minimum atomic E-state index is 0.0760. The minimum Gasteiger partial charge on any atom is -0.332 e. The molecule has 3 rings (SSSR count). The van der Waals surface area contributed by atoms with Gasteiger partial charge in [0.1, 0.15) is 0 Å². The molecule has 0 fully saturated rings. The monoisotopic (exact) mass is 412 g/mol. The Morgan fingerprint density at radius 3 is 2.07 bits per heavy atom. The molecule has 27 heavy (non-hydrogen) atoms. The Kier molecular flexibility index (Phi) is 6.87. The van der Waals surface area contributed by atoms with Crippen LogP contribution in [0.3, 0.4) is 0 Å². The number of para-hydroxylation sites is 1. The number of thioether (sulfide) groups is 1. The lowest BCUT2D eigenvalue weighted by Crippen LogP contribution is -2.18. The summed E-state index contributed by atoms with van der Waals surface area (Å²) in [6.07, 6.45) is 0. The first-order valence-electron chi connectivity index (χ1n) is 8.25. The highest BCUT2D eigenvalue weighted by Crippen LogP contribution is 2.22. The van der Waals surface area contributed by atoms with E-state index in [0.29, 0.717) is 21.5 Å². The summed E-state index contributed by atoms with van der Waals surface area (Å²) in [5.41, 5.74) is 2.49. The van der Waals surface area contributed by atoms with Crippen LogP contribution >= 0.6 is 35.6 Å². The van der Waals surface area contributed by atoms with Crippen molar-refractivity contribution < 1.29 is 4.79 Å². The van der Waals surface area contributed by atoms with Gasteiger partial charge in [-0.1, -0.05) is 29.8 Å². The van der Waals surface area contributed by atoms with Crippen LogP contribution in [-0.2, 0) is 0 Å². The molecule has 0 heterocycles. The van der Waals surface area contributed by atoms with Crippen molar-refractivity contribution in [3.8, 4) is 0 Å². The largest absolute Gasteiger partial charge is 0.332 e. The van der Waals surface area contributed by atoms with E-state index in [4.69, 9.17) is 23.8 Å². The molecular weight excluding hydrogens is 396 g/mol. The Morgan fingerprint density at radius 2 is 1.44 bits per heavy atom. The number of hydrogen-bond acceptors (Lipinski definition) is 3. The molecule has 0 saturated heterocycles. The van der Waals surface area contributed by atoms with Gasteiger partial charge in [0.25, 0.3) is 0 Å². The third kappa shape index (κ3) is 6.10. The van der Waals surface area contributed by atoms with Crippen LogP contribution in [0, 0.1) is 0 Å². The van der Waals surface area contributed by atoms with Crippen LogP contribution in [0.25, 0.3) is 0 Å². The molecule has 0 bridgehead atoms. The van der Waals surface area contributed by atoms with Crippen molar-refractivity contribution in [2.45, 2.75) is 4.90 Å². The highest BCUT2D eigenvalue weighted by atomic mass is 35.5. The van der Waals surface area contributed by atoms with Gasteiger partial charge < -0.3 is 10.6 Å². The fourth-order valence-electron chi connectivity index (χ4n) is 2.32. The number of ketones is 1. The molecule has 3 nitrogen and oxygen atoms in total. The van der Waals surface area contributed by atoms with Crippen molar-refractivity contribution in [2.24, 2.45) is 0 Å². The van der Waals surface area contributed by atoms with Gasteiger partial charge >= 0.3 is 0 Å². The van der Waals surface area contributed by atoms with Gasteiger partial charge in [-0.2, -0.15) is 0 Å². The van der Waals surface area contributed by atoms with Crippen LogP contribution in [0.4, 0.5) is 11.4 Å². The van der Waals surface area contributed by atoms with Gasteiger partial charge in [0.2, 0.25) is 0 Å². The van der Waals surface area contributed by atoms with E-state index in [0.717, 1.165) is 16.3 Å². The highest BCUT2D eigenvalue weighted by molar-refractivity contribution is 8.00. The molecule has 0 aliphatic heterocycles. The number of rotatable bonds is 6. The SMILES string of the molecule is O=C(CSc1ccc(NC(=S)Nc2ccccc2)cc1)c1ccc(Cl)cc1. The van der Waals surface area contributed by atoms with Crippen LogP contribution in [0.15, 0.2) is 83.8 Å². The normalized spacial score (nSPS) is 10.3. The number of Topliss-reactive ketones (excluding diaryl/α,β-unsaturated/α-hetero) is 1. The fourth-order valence-corrected chi connectivity index (χ4v) is 3.47. The third-order valence-electron chi connectivity index (χ3n) is 3.68. The molecule has 3 aromatic rings. The molecule has 0 aromatic heterocycles. The van der Waals surface area contributed by atoms with Gasteiger partial charge in [-0.3, -0.25) is 4.79 Å². The number of hydrogen-bond donors (Lipinski definition) is 2. The number of nitrogens with one attached hydrogen (secondary N) is 2. The van der Waals surface area contributed by atoms with E-state index < -0.39 is 0 Å². The smallest absolute Gasteiger partial charge is 0.175 e. The number of benzene rings is 3. The molecular formula is C21H17ClN2OS2. The molecule has 0 atom stereocenters. The molecule has 0 spiro atoms. The lowest BCUT2D eigenvalue weighted by Gasteiger charge is -2.11. The van der Waals surface area contributed by atoms with Crippen LogP contribution in [0.2, 0.25) is 5.02 Å². The second kappa shape index (κ2) is 9.55. The van der Waals surface area contributed by atoms with Crippen LogP contribution in [-0.4, -0.2) is 16.6 Å². The van der Waals surface area contributed by atoms with E-state index in [1.54, 1.807) is 24.3 Å². The lowest BCUT2D eigenvalue weighted by atomic mass is 10.1. The minimum absolute atomic E-state index is 0.0760. The number of carbonyl (C=O) groups excluding carboxylic acids is 1.